The van der Waals surface area contributed by atoms with E-state index in [9.17, 15) is 9.59 Å². The van der Waals surface area contributed by atoms with Crippen LogP contribution in [-0.2, 0) is 4.79 Å². The fourth-order valence-corrected chi connectivity index (χ4v) is 3.25. The molecule has 0 saturated carbocycles. The van der Waals surface area contributed by atoms with Gasteiger partial charge in [-0.2, -0.15) is 0 Å². The van der Waals surface area contributed by atoms with Crippen LogP contribution >= 0.6 is 35.0 Å². The van der Waals surface area contributed by atoms with Gasteiger partial charge in [0.2, 0.25) is 0 Å². The summed E-state index contributed by atoms with van der Waals surface area (Å²) in [5, 5.41) is 0.481. The van der Waals surface area contributed by atoms with Gasteiger partial charge in [-0.25, -0.2) is 0 Å². The van der Waals surface area contributed by atoms with Crippen LogP contribution in [0.5, 0.6) is 0 Å². The maximum atomic E-state index is 12.1. The molecule has 7 heteroatoms. The zero-order valence-corrected chi connectivity index (χ0v) is 14.5. The van der Waals surface area contributed by atoms with Gasteiger partial charge in [-0.15, -0.1) is 11.8 Å². The molecule has 23 heavy (non-hydrogen) atoms. The Kier molecular flexibility index (Phi) is 6.33. The second-order valence-electron chi connectivity index (χ2n) is 4.62. The molecule has 2 aromatic carbocycles. The lowest BCUT2D eigenvalue weighted by Crippen LogP contribution is -2.44. The molecule has 120 valence electrons. The fourth-order valence-electron chi connectivity index (χ4n) is 1.71. The molecule has 4 nitrogen and oxygen atoms in total. The van der Waals surface area contributed by atoms with Crippen molar-refractivity contribution in [2.45, 2.75) is 17.1 Å². The van der Waals surface area contributed by atoms with Crippen molar-refractivity contribution in [3.8, 4) is 0 Å². The first-order chi connectivity index (χ1) is 11.0. The third kappa shape index (κ3) is 4.89. The molecule has 0 aromatic heterocycles. The number of halogens is 2. The first kappa shape index (κ1) is 17.7. The van der Waals surface area contributed by atoms with Crippen molar-refractivity contribution in [3.05, 3.63) is 64.1 Å². The van der Waals surface area contributed by atoms with Gasteiger partial charge in [0.15, 0.2) is 0 Å². The van der Waals surface area contributed by atoms with Gasteiger partial charge >= 0.3 is 0 Å². The molecule has 2 rings (SSSR count). The highest BCUT2D eigenvalue weighted by molar-refractivity contribution is 8.00. The van der Waals surface area contributed by atoms with Gasteiger partial charge in [0.1, 0.15) is 0 Å². The summed E-state index contributed by atoms with van der Waals surface area (Å²) in [5.74, 6) is -0.734. The molecule has 2 aromatic rings. The molecular weight excluding hydrogens is 355 g/mol. The molecule has 0 aliphatic carbocycles. The van der Waals surface area contributed by atoms with Crippen LogP contribution in [-0.4, -0.2) is 17.1 Å². The Morgan fingerprint density at radius 1 is 0.957 bits per heavy atom. The maximum Gasteiger partial charge on any atom is 0.269 e. The summed E-state index contributed by atoms with van der Waals surface area (Å²) < 4.78 is 0. The molecule has 1 atom stereocenters. The lowest BCUT2D eigenvalue weighted by molar-refractivity contribution is -0.121. The van der Waals surface area contributed by atoms with E-state index in [4.69, 9.17) is 23.2 Å². The van der Waals surface area contributed by atoms with Gasteiger partial charge in [0.05, 0.1) is 15.3 Å². The van der Waals surface area contributed by atoms with E-state index in [-0.39, 0.29) is 11.8 Å². The Balaban J connectivity index is 1.92. The van der Waals surface area contributed by atoms with Gasteiger partial charge in [-0.05, 0) is 31.2 Å². The first-order valence-electron chi connectivity index (χ1n) is 6.75. The summed E-state index contributed by atoms with van der Waals surface area (Å²) in [6.45, 7) is 1.70. The minimum absolute atomic E-state index is 0.352. The predicted molar refractivity (Wildman–Crippen MR) is 93.8 cm³/mol. The van der Waals surface area contributed by atoms with Crippen molar-refractivity contribution < 1.29 is 9.59 Å². The summed E-state index contributed by atoms with van der Waals surface area (Å²) in [6.07, 6.45) is 0. The van der Waals surface area contributed by atoms with Gasteiger partial charge in [-0.3, -0.25) is 20.4 Å². The summed E-state index contributed by atoms with van der Waals surface area (Å²) in [5.41, 5.74) is 5.23. The summed E-state index contributed by atoms with van der Waals surface area (Å²) in [4.78, 5) is 24.6. The van der Waals surface area contributed by atoms with E-state index >= 15 is 0 Å². The van der Waals surface area contributed by atoms with Crippen molar-refractivity contribution >= 4 is 46.8 Å². The Hall–Kier alpha value is -1.69. The van der Waals surface area contributed by atoms with Crippen LogP contribution in [0.2, 0.25) is 10.0 Å². The first-order valence-corrected chi connectivity index (χ1v) is 8.38. The highest BCUT2D eigenvalue weighted by Crippen LogP contribution is 2.36. The number of carbonyl (C=O) groups excluding carboxylic acids is 2. The SMILES string of the molecule is C[C@H](Sc1c(Cl)cccc1Cl)C(=O)NNC(=O)c1ccccc1. The number of hydrazine groups is 1. The van der Waals surface area contributed by atoms with Crippen LogP contribution in [0.1, 0.15) is 17.3 Å². The van der Waals surface area contributed by atoms with Crippen molar-refractivity contribution in [3.63, 3.8) is 0 Å². The minimum Gasteiger partial charge on any atom is -0.272 e. The average molecular weight is 369 g/mol. The maximum absolute atomic E-state index is 12.1. The Labute approximate surface area is 148 Å². The van der Waals surface area contributed by atoms with Crippen molar-refractivity contribution in [2.75, 3.05) is 0 Å². The summed E-state index contributed by atoms with van der Waals surface area (Å²) >= 11 is 13.4. The molecule has 0 aliphatic rings. The number of carbonyl (C=O) groups is 2. The number of hydrogen-bond donors (Lipinski definition) is 2. The third-order valence-corrected chi connectivity index (χ3v) is 5.02. The van der Waals surface area contributed by atoms with Gasteiger partial charge in [-0.1, -0.05) is 47.5 Å². The van der Waals surface area contributed by atoms with Crippen LogP contribution < -0.4 is 10.9 Å². The molecule has 0 spiro atoms. The molecular formula is C16H14Cl2N2O2S. The van der Waals surface area contributed by atoms with Crippen LogP contribution in [0.3, 0.4) is 0 Å². The smallest absolute Gasteiger partial charge is 0.269 e. The molecule has 0 saturated heterocycles. The van der Waals surface area contributed by atoms with Gasteiger partial charge in [0.25, 0.3) is 11.8 Å². The summed E-state index contributed by atoms with van der Waals surface area (Å²) in [7, 11) is 0. The van der Waals surface area contributed by atoms with E-state index in [1.165, 1.54) is 11.8 Å². The minimum atomic E-state index is -0.483. The van der Waals surface area contributed by atoms with Crippen molar-refractivity contribution in [2.24, 2.45) is 0 Å². The van der Waals surface area contributed by atoms with Crippen molar-refractivity contribution in [1.82, 2.24) is 10.9 Å². The monoisotopic (exact) mass is 368 g/mol. The molecule has 0 aliphatic heterocycles. The highest BCUT2D eigenvalue weighted by atomic mass is 35.5. The van der Waals surface area contributed by atoms with E-state index in [1.807, 2.05) is 0 Å². The molecule has 0 fully saturated rings. The predicted octanol–water partition coefficient (Wildman–Crippen LogP) is 3.94. The number of rotatable bonds is 4. The van der Waals surface area contributed by atoms with Crippen molar-refractivity contribution in [1.29, 1.82) is 0 Å². The molecule has 2 N–H and O–H groups in total. The Morgan fingerprint density at radius 3 is 2.17 bits per heavy atom. The van der Waals surface area contributed by atoms with Crippen LogP contribution in [0.4, 0.5) is 0 Å². The van der Waals surface area contributed by atoms with Crippen LogP contribution in [0.25, 0.3) is 0 Å². The number of benzene rings is 2. The van der Waals surface area contributed by atoms with E-state index < -0.39 is 5.25 Å². The van der Waals surface area contributed by atoms with Gasteiger partial charge in [0, 0.05) is 10.5 Å². The number of hydrogen-bond acceptors (Lipinski definition) is 3. The molecule has 0 bridgehead atoms. The average Bonchev–Trinajstić information content (AvgIpc) is 2.56. The zero-order chi connectivity index (χ0) is 16.8. The van der Waals surface area contributed by atoms with Crippen LogP contribution in [0, 0.1) is 0 Å². The number of thioether (sulfide) groups is 1. The molecule has 0 heterocycles. The van der Waals surface area contributed by atoms with E-state index in [0.29, 0.717) is 20.5 Å². The fraction of sp³-hybridized carbons (Fsp3) is 0.125. The number of nitrogens with one attached hydrogen (secondary N) is 2. The van der Waals surface area contributed by atoms with E-state index in [2.05, 4.69) is 10.9 Å². The second-order valence-corrected chi connectivity index (χ2v) is 6.79. The second kappa shape index (κ2) is 8.24. The molecule has 0 radical (unpaired) electrons. The lowest BCUT2D eigenvalue weighted by Gasteiger charge is -2.14. The van der Waals surface area contributed by atoms with Crippen LogP contribution in [0.15, 0.2) is 53.4 Å². The Bertz CT molecular complexity index is 690. The number of amides is 2. The quantitative estimate of drug-likeness (QED) is 0.634. The standard InChI is InChI=1S/C16H14Cl2N2O2S/c1-10(23-14-12(17)8-5-9-13(14)18)15(21)19-20-16(22)11-6-3-2-4-7-11/h2-10H,1H3,(H,19,21)(H,20,22)/t10-/m0/s1. The summed E-state index contributed by atoms with van der Waals surface area (Å²) in [6, 6.07) is 13.8. The van der Waals surface area contributed by atoms with Gasteiger partial charge < -0.3 is 0 Å². The van der Waals surface area contributed by atoms with E-state index in [0.717, 1.165) is 0 Å². The highest BCUT2D eigenvalue weighted by Gasteiger charge is 2.18. The third-order valence-electron chi connectivity index (χ3n) is 2.92. The topological polar surface area (TPSA) is 58.2 Å². The largest absolute Gasteiger partial charge is 0.272 e. The Morgan fingerprint density at radius 2 is 1.57 bits per heavy atom. The molecule has 2 amide bonds. The molecule has 0 unspecified atom stereocenters. The lowest BCUT2D eigenvalue weighted by atomic mass is 10.2. The van der Waals surface area contributed by atoms with E-state index in [1.54, 1.807) is 55.5 Å². The normalized spacial score (nSPS) is 11.6. The zero-order valence-electron chi connectivity index (χ0n) is 12.2.